The Bertz CT molecular complexity index is 383. The molecular weight excluding hydrogens is 272 g/mol. The van der Waals surface area contributed by atoms with E-state index in [-0.39, 0.29) is 0 Å². The third kappa shape index (κ3) is 5.61. The van der Waals surface area contributed by atoms with Crippen molar-refractivity contribution in [3.8, 4) is 0 Å². The van der Waals surface area contributed by atoms with E-state index in [0.717, 1.165) is 35.0 Å². The summed E-state index contributed by atoms with van der Waals surface area (Å²) in [6.07, 6.45) is 3.21. The molecule has 0 fully saturated rings. The van der Waals surface area contributed by atoms with Gasteiger partial charge in [0.1, 0.15) is 0 Å². The van der Waals surface area contributed by atoms with Crippen molar-refractivity contribution in [2.24, 2.45) is 0 Å². The zero-order valence-electron chi connectivity index (χ0n) is 10.0. The van der Waals surface area contributed by atoms with E-state index < -0.39 is 0 Å². The summed E-state index contributed by atoms with van der Waals surface area (Å²) >= 11 is 13.1. The van der Waals surface area contributed by atoms with Crippen molar-refractivity contribution in [2.75, 3.05) is 23.9 Å². The summed E-state index contributed by atoms with van der Waals surface area (Å²) in [6, 6.07) is 5.82. The van der Waals surface area contributed by atoms with Crippen molar-refractivity contribution in [1.29, 1.82) is 0 Å². The van der Waals surface area contributed by atoms with Crippen molar-refractivity contribution in [1.82, 2.24) is 5.32 Å². The van der Waals surface area contributed by atoms with Crippen molar-refractivity contribution in [2.45, 2.75) is 13.3 Å². The molecule has 2 N–H and O–H groups in total. The molecule has 0 aromatic heterocycles. The first-order valence-corrected chi connectivity index (χ1v) is 7.61. The molecule has 94 valence electrons. The average molecular weight is 289 g/mol. The molecule has 5 heteroatoms. The predicted molar refractivity (Wildman–Crippen MR) is 83.4 cm³/mol. The molecule has 17 heavy (non-hydrogen) atoms. The van der Waals surface area contributed by atoms with Crippen LogP contribution in [0.1, 0.15) is 12.0 Å². The van der Waals surface area contributed by atoms with E-state index in [0.29, 0.717) is 5.11 Å². The maximum atomic E-state index is 6.04. The second kappa shape index (κ2) is 7.80. The smallest absolute Gasteiger partial charge is 0.170 e. The summed E-state index contributed by atoms with van der Waals surface area (Å²) in [5, 5.41) is 7.67. The fourth-order valence-corrected chi connectivity index (χ4v) is 2.10. The van der Waals surface area contributed by atoms with Crippen LogP contribution in [0, 0.1) is 6.92 Å². The SMILES string of the molecule is CSCCCNC(=S)Nc1ccc(C)c(Cl)c1. The van der Waals surface area contributed by atoms with Crippen LogP contribution in [0.15, 0.2) is 18.2 Å². The van der Waals surface area contributed by atoms with E-state index in [1.807, 2.05) is 36.9 Å². The highest BCUT2D eigenvalue weighted by Gasteiger charge is 2.00. The molecule has 0 spiro atoms. The summed E-state index contributed by atoms with van der Waals surface area (Å²) in [4.78, 5) is 0. The number of hydrogen-bond donors (Lipinski definition) is 2. The lowest BCUT2D eigenvalue weighted by Gasteiger charge is -2.11. The first-order valence-electron chi connectivity index (χ1n) is 5.43. The molecule has 2 nitrogen and oxygen atoms in total. The molecule has 0 aliphatic carbocycles. The number of rotatable bonds is 5. The van der Waals surface area contributed by atoms with Gasteiger partial charge in [-0.1, -0.05) is 17.7 Å². The minimum Gasteiger partial charge on any atom is -0.362 e. The normalized spacial score (nSPS) is 10.1. The molecule has 0 unspecified atom stereocenters. The van der Waals surface area contributed by atoms with Gasteiger partial charge in [-0.15, -0.1) is 0 Å². The second-order valence-corrected chi connectivity index (χ2v) is 5.49. The second-order valence-electron chi connectivity index (χ2n) is 3.69. The van der Waals surface area contributed by atoms with Gasteiger partial charge in [-0.2, -0.15) is 11.8 Å². The van der Waals surface area contributed by atoms with Crippen LogP contribution in [0.3, 0.4) is 0 Å². The van der Waals surface area contributed by atoms with Crippen molar-refractivity contribution in [3.63, 3.8) is 0 Å². The van der Waals surface area contributed by atoms with Gasteiger partial charge in [0.25, 0.3) is 0 Å². The van der Waals surface area contributed by atoms with E-state index >= 15 is 0 Å². The number of aryl methyl sites for hydroxylation is 1. The first kappa shape index (κ1) is 14.6. The van der Waals surface area contributed by atoms with Crippen molar-refractivity contribution >= 4 is 46.4 Å². The third-order valence-electron chi connectivity index (χ3n) is 2.24. The minimum absolute atomic E-state index is 0.644. The molecule has 0 saturated heterocycles. The van der Waals surface area contributed by atoms with Gasteiger partial charge in [0, 0.05) is 17.3 Å². The maximum absolute atomic E-state index is 6.04. The van der Waals surface area contributed by atoms with E-state index in [4.69, 9.17) is 23.8 Å². The van der Waals surface area contributed by atoms with Crippen LogP contribution in [-0.2, 0) is 0 Å². The Hall–Kier alpha value is -0.450. The molecule has 1 rings (SSSR count). The van der Waals surface area contributed by atoms with Gasteiger partial charge < -0.3 is 10.6 Å². The highest BCUT2D eigenvalue weighted by atomic mass is 35.5. The number of nitrogens with one attached hydrogen (secondary N) is 2. The topological polar surface area (TPSA) is 24.1 Å². The van der Waals surface area contributed by atoms with E-state index in [9.17, 15) is 0 Å². The maximum Gasteiger partial charge on any atom is 0.170 e. The summed E-state index contributed by atoms with van der Waals surface area (Å²) < 4.78 is 0. The van der Waals surface area contributed by atoms with Crippen molar-refractivity contribution < 1.29 is 0 Å². The van der Waals surface area contributed by atoms with Crippen LogP contribution in [0.4, 0.5) is 5.69 Å². The average Bonchev–Trinajstić information content (AvgIpc) is 2.30. The molecule has 1 aromatic rings. The summed E-state index contributed by atoms with van der Waals surface area (Å²) in [6.45, 7) is 2.87. The standard InChI is InChI=1S/C12H17ClN2S2/c1-9-4-5-10(8-11(9)13)15-12(16)14-6-3-7-17-2/h4-5,8H,3,6-7H2,1-2H3,(H2,14,15,16). The Morgan fingerprint density at radius 3 is 2.88 bits per heavy atom. The van der Waals surface area contributed by atoms with Gasteiger partial charge in [0.05, 0.1) is 0 Å². The van der Waals surface area contributed by atoms with Crippen LogP contribution in [-0.4, -0.2) is 23.7 Å². The van der Waals surface area contributed by atoms with Crippen molar-refractivity contribution in [3.05, 3.63) is 28.8 Å². The van der Waals surface area contributed by atoms with Crippen LogP contribution < -0.4 is 10.6 Å². The highest BCUT2D eigenvalue weighted by molar-refractivity contribution is 7.98. The molecule has 0 saturated carbocycles. The number of benzene rings is 1. The highest BCUT2D eigenvalue weighted by Crippen LogP contribution is 2.19. The Kier molecular flexibility index (Phi) is 6.70. The van der Waals surface area contributed by atoms with E-state index in [1.165, 1.54) is 0 Å². The fraction of sp³-hybridized carbons (Fsp3) is 0.417. The number of thioether (sulfide) groups is 1. The Morgan fingerprint density at radius 2 is 2.24 bits per heavy atom. The molecule has 0 aliphatic heterocycles. The van der Waals surface area contributed by atoms with Gasteiger partial charge in [0.15, 0.2) is 5.11 Å². The van der Waals surface area contributed by atoms with Crippen LogP contribution in [0.5, 0.6) is 0 Å². The predicted octanol–water partition coefficient (Wildman–Crippen LogP) is 3.69. The molecule has 0 heterocycles. The number of hydrogen-bond acceptors (Lipinski definition) is 2. The zero-order chi connectivity index (χ0) is 12.7. The van der Waals surface area contributed by atoms with Gasteiger partial charge in [0.2, 0.25) is 0 Å². The first-order chi connectivity index (χ1) is 8.13. The minimum atomic E-state index is 0.644. The number of halogens is 1. The van der Waals surface area contributed by atoms with Crippen LogP contribution in [0.25, 0.3) is 0 Å². The molecule has 0 atom stereocenters. The molecule has 1 aromatic carbocycles. The van der Waals surface area contributed by atoms with E-state index in [1.54, 1.807) is 0 Å². The third-order valence-corrected chi connectivity index (χ3v) is 3.59. The molecular formula is C12H17ClN2S2. The van der Waals surface area contributed by atoms with Gasteiger partial charge in [-0.25, -0.2) is 0 Å². The lowest BCUT2D eigenvalue weighted by molar-refractivity contribution is 0.855. The largest absolute Gasteiger partial charge is 0.362 e. The quantitative estimate of drug-likeness (QED) is 0.637. The van der Waals surface area contributed by atoms with E-state index in [2.05, 4.69) is 16.9 Å². The lowest BCUT2D eigenvalue weighted by Crippen LogP contribution is -2.29. The summed E-state index contributed by atoms with van der Waals surface area (Å²) in [5.74, 6) is 1.14. The zero-order valence-corrected chi connectivity index (χ0v) is 12.4. The Morgan fingerprint density at radius 1 is 1.47 bits per heavy atom. The van der Waals surface area contributed by atoms with Gasteiger partial charge in [-0.3, -0.25) is 0 Å². The molecule has 0 radical (unpaired) electrons. The summed E-state index contributed by atoms with van der Waals surface area (Å²) in [5.41, 5.74) is 1.99. The molecule has 0 bridgehead atoms. The number of anilines is 1. The van der Waals surface area contributed by atoms with Gasteiger partial charge >= 0.3 is 0 Å². The molecule has 0 amide bonds. The van der Waals surface area contributed by atoms with Crippen LogP contribution in [0.2, 0.25) is 5.02 Å². The monoisotopic (exact) mass is 288 g/mol. The lowest BCUT2D eigenvalue weighted by atomic mass is 10.2. The Balaban J connectivity index is 2.37. The fourth-order valence-electron chi connectivity index (χ4n) is 1.26. The molecule has 0 aliphatic rings. The Labute approximate surface area is 118 Å². The van der Waals surface area contributed by atoms with Gasteiger partial charge in [-0.05, 0) is 55.3 Å². The van der Waals surface area contributed by atoms with Crippen LogP contribution >= 0.6 is 35.6 Å². The number of thiocarbonyl (C=S) groups is 1. The summed E-state index contributed by atoms with van der Waals surface area (Å²) in [7, 11) is 0.